The first-order valence-electron chi connectivity index (χ1n) is 11.4. The molecule has 0 fully saturated rings. The first-order valence-corrected chi connectivity index (χ1v) is 11.4. The average molecular weight is 443 g/mol. The standard InChI is InChI=1S/C27H34N6/c1-25(2,3)21-15-32(17-28-21)23-13-9-11-19(30-23)27(7,8)20-12-10-14-24(31-20)33-16-22(29-18-33)26(4,5)6/h9-18H,1-8H3. The molecule has 0 radical (unpaired) electrons. The summed E-state index contributed by atoms with van der Waals surface area (Å²) >= 11 is 0. The quantitative estimate of drug-likeness (QED) is 0.403. The summed E-state index contributed by atoms with van der Waals surface area (Å²) in [6.07, 6.45) is 7.79. The van der Waals surface area contributed by atoms with Crippen LogP contribution in [0.3, 0.4) is 0 Å². The zero-order valence-corrected chi connectivity index (χ0v) is 21.0. The molecule has 0 aliphatic carbocycles. The Balaban J connectivity index is 1.68. The Morgan fingerprint density at radius 3 is 1.27 bits per heavy atom. The third-order valence-corrected chi connectivity index (χ3v) is 5.98. The molecule has 33 heavy (non-hydrogen) atoms. The van der Waals surface area contributed by atoms with Gasteiger partial charge in [-0.05, 0) is 38.1 Å². The number of nitrogens with zero attached hydrogens (tertiary/aromatic N) is 6. The van der Waals surface area contributed by atoms with Gasteiger partial charge in [0.05, 0.1) is 22.8 Å². The highest BCUT2D eigenvalue weighted by Crippen LogP contribution is 2.30. The Morgan fingerprint density at radius 1 is 0.545 bits per heavy atom. The molecule has 0 saturated carbocycles. The van der Waals surface area contributed by atoms with Crippen LogP contribution in [0.15, 0.2) is 61.4 Å². The van der Waals surface area contributed by atoms with Gasteiger partial charge in [-0.1, -0.05) is 53.7 Å². The van der Waals surface area contributed by atoms with Gasteiger partial charge in [-0.3, -0.25) is 9.13 Å². The van der Waals surface area contributed by atoms with Gasteiger partial charge in [0.2, 0.25) is 0 Å². The molecule has 0 atom stereocenters. The van der Waals surface area contributed by atoms with E-state index in [4.69, 9.17) is 9.97 Å². The van der Waals surface area contributed by atoms with E-state index in [2.05, 4.69) is 89.9 Å². The maximum absolute atomic E-state index is 4.99. The van der Waals surface area contributed by atoms with Gasteiger partial charge < -0.3 is 0 Å². The summed E-state index contributed by atoms with van der Waals surface area (Å²) in [6.45, 7) is 17.3. The van der Waals surface area contributed by atoms with Crippen LogP contribution in [0, 0.1) is 0 Å². The molecule has 4 heterocycles. The lowest BCUT2D eigenvalue weighted by Crippen LogP contribution is -2.23. The summed E-state index contributed by atoms with van der Waals surface area (Å²) in [6, 6.07) is 12.2. The fourth-order valence-corrected chi connectivity index (χ4v) is 3.63. The molecule has 0 amide bonds. The summed E-state index contributed by atoms with van der Waals surface area (Å²) in [5.41, 5.74) is 3.59. The van der Waals surface area contributed by atoms with Crippen molar-refractivity contribution in [2.24, 2.45) is 0 Å². The Kier molecular flexibility index (Phi) is 5.51. The SMILES string of the molecule is CC(C)(C)c1cn(-c2cccc(C(C)(C)c3cccc(-n4cnc(C(C)(C)C)c4)n3)n2)cn1. The Bertz CT molecular complexity index is 1170. The summed E-state index contributed by atoms with van der Waals surface area (Å²) < 4.78 is 3.98. The molecule has 4 aromatic heterocycles. The summed E-state index contributed by atoms with van der Waals surface area (Å²) in [7, 11) is 0. The smallest absolute Gasteiger partial charge is 0.138 e. The van der Waals surface area contributed by atoms with Gasteiger partial charge in [0.15, 0.2) is 0 Å². The Labute approximate surface area is 196 Å². The number of aromatic nitrogens is 6. The predicted octanol–water partition coefficient (Wildman–Crippen LogP) is 5.77. The van der Waals surface area contributed by atoms with E-state index in [1.807, 2.05) is 46.1 Å². The van der Waals surface area contributed by atoms with E-state index in [1.54, 1.807) is 0 Å². The van der Waals surface area contributed by atoms with E-state index in [-0.39, 0.29) is 16.2 Å². The third-order valence-electron chi connectivity index (χ3n) is 5.98. The highest BCUT2D eigenvalue weighted by Gasteiger charge is 2.28. The zero-order valence-electron chi connectivity index (χ0n) is 21.0. The van der Waals surface area contributed by atoms with Gasteiger partial charge in [0, 0.05) is 28.6 Å². The van der Waals surface area contributed by atoms with Crippen LogP contribution in [0.25, 0.3) is 11.6 Å². The van der Waals surface area contributed by atoms with E-state index >= 15 is 0 Å². The Morgan fingerprint density at radius 2 is 0.939 bits per heavy atom. The molecular weight excluding hydrogens is 408 g/mol. The van der Waals surface area contributed by atoms with Crippen LogP contribution in [0.2, 0.25) is 0 Å². The van der Waals surface area contributed by atoms with E-state index in [0.29, 0.717) is 0 Å². The van der Waals surface area contributed by atoms with Crippen molar-refractivity contribution in [1.29, 1.82) is 0 Å². The van der Waals surface area contributed by atoms with Crippen LogP contribution < -0.4 is 0 Å². The van der Waals surface area contributed by atoms with Gasteiger partial charge >= 0.3 is 0 Å². The van der Waals surface area contributed by atoms with Crippen molar-refractivity contribution in [2.45, 2.75) is 71.6 Å². The minimum Gasteiger partial charge on any atom is -0.290 e. The third kappa shape index (κ3) is 4.61. The van der Waals surface area contributed by atoms with Crippen molar-refractivity contribution in [3.63, 3.8) is 0 Å². The maximum atomic E-state index is 4.99. The number of rotatable bonds is 4. The van der Waals surface area contributed by atoms with Crippen LogP contribution >= 0.6 is 0 Å². The molecule has 0 saturated heterocycles. The zero-order chi connectivity index (χ0) is 24.0. The van der Waals surface area contributed by atoms with Crippen LogP contribution in [0.4, 0.5) is 0 Å². The number of hydrogen-bond donors (Lipinski definition) is 0. The molecule has 0 aliphatic rings. The van der Waals surface area contributed by atoms with Crippen molar-refractivity contribution >= 4 is 0 Å². The van der Waals surface area contributed by atoms with Crippen LogP contribution in [0.1, 0.15) is 78.2 Å². The molecule has 6 heteroatoms. The molecular formula is C27H34N6. The second-order valence-electron chi connectivity index (χ2n) is 11.2. The van der Waals surface area contributed by atoms with Gasteiger partial charge in [-0.2, -0.15) is 0 Å². The van der Waals surface area contributed by atoms with Crippen LogP contribution in [0.5, 0.6) is 0 Å². The lowest BCUT2D eigenvalue weighted by molar-refractivity contribution is 0.571. The highest BCUT2D eigenvalue weighted by atomic mass is 15.1. The average Bonchev–Trinajstić information content (AvgIpc) is 3.44. The normalized spacial score (nSPS) is 12.8. The summed E-state index contributed by atoms with van der Waals surface area (Å²) in [4.78, 5) is 19.1. The van der Waals surface area contributed by atoms with E-state index < -0.39 is 0 Å². The van der Waals surface area contributed by atoms with Gasteiger partial charge in [-0.15, -0.1) is 0 Å². The second kappa shape index (κ2) is 7.94. The van der Waals surface area contributed by atoms with E-state index in [0.717, 1.165) is 34.4 Å². The molecule has 0 spiro atoms. The lowest BCUT2D eigenvalue weighted by atomic mass is 9.84. The summed E-state index contributed by atoms with van der Waals surface area (Å²) in [5, 5.41) is 0. The number of pyridine rings is 2. The van der Waals surface area contributed by atoms with Crippen molar-refractivity contribution in [1.82, 2.24) is 29.1 Å². The fourth-order valence-electron chi connectivity index (χ4n) is 3.63. The minimum absolute atomic E-state index is 0.00727. The molecule has 4 aromatic rings. The van der Waals surface area contributed by atoms with E-state index in [9.17, 15) is 0 Å². The van der Waals surface area contributed by atoms with Crippen molar-refractivity contribution in [3.05, 3.63) is 84.2 Å². The molecule has 0 N–H and O–H groups in total. The topological polar surface area (TPSA) is 61.4 Å². The first kappa shape index (κ1) is 22.9. The lowest BCUT2D eigenvalue weighted by Gasteiger charge is -2.24. The van der Waals surface area contributed by atoms with Crippen LogP contribution in [-0.2, 0) is 16.2 Å². The molecule has 0 unspecified atom stereocenters. The molecule has 6 nitrogen and oxygen atoms in total. The molecule has 0 aromatic carbocycles. The molecule has 0 bridgehead atoms. The predicted molar refractivity (Wildman–Crippen MR) is 132 cm³/mol. The molecule has 4 rings (SSSR count). The highest BCUT2D eigenvalue weighted by molar-refractivity contribution is 5.37. The Hall–Kier alpha value is -3.28. The van der Waals surface area contributed by atoms with Crippen molar-refractivity contribution < 1.29 is 0 Å². The van der Waals surface area contributed by atoms with Crippen molar-refractivity contribution in [2.75, 3.05) is 0 Å². The molecule has 0 aliphatic heterocycles. The van der Waals surface area contributed by atoms with Gasteiger partial charge in [-0.25, -0.2) is 19.9 Å². The number of imidazole rings is 2. The van der Waals surface area contributed by atoms with Crippen LogP contribution in [-0.4, -0.2) is 29.1 Å². The largest absolute Gasteiger partial charge is 0.290 e. The monoisotopic (exact) mass is 442 g/mol. The van der Waals surface area contributed by atoms with E-state index in [1.165, 1.54) is 0 Å². The number of hydrogen-bond acceptors (Lipinski definition) is 4. The second-order valence-corrected chi connectivity index (χ2v) is 11.2. The van der Waals surface area contributed by atoms with Gasteiger partial charge in [0.1, 0.15) is 24.3 Å². The minimum atomic E-state index is -0.382. The summed E-state index contributed by atoms with van der Waals surface area (Å²) in [5.74, 6) is 1.70. The first-order chi connectivity index (χ1) is 15.4. The molecule has 172 valence electrons. The van der Waals surface area contributed by atoms with Crippen molar-refractivity contribution in [3.8, 4) is 11.6 Å². The maximum Gasteiger partial charge on any atom is 0.138 e. The fraction of sp³-hybridized carbons (Fsp3) is 0.407. The van der Waals surface area contributed by atoms with Gasteiger partial charge in [0.25, 0.3) is 0 Å².